The van der Waals surface area contributed by atoms with Crippen LogP contribution in [-0.4, -0.2) is 14.5 Å². The molecule has 0 aliphatic carbocycles. The molecular weight excluding hydrogens is 662 g/mol. The molecule has 4 aromatic carbocycles. The van der Waals surface area contributed by atoms with Gasteiger partial charge in [-0.15, -0.1) is 0 Å². The summed E-state index contributed by atoms with van der Waals surface area (Å²) in [5.41, 5.74) is 6.57. The molecule has 0 fully saturated rings. The Morgan fingerprint density at radius 2 is 0.600 bits per heavy atom. The third kappa shape index (κ3) is 13.4. The summed E-state index contributed by atoms with van der Waals surface area (Å²) in [6.45, 7) is 0. The van der Waals surface area contributed by atoms with Gasteiger partial charge in [0.15, 0.2) is 0 Å². The first-order valence-electron chi connectivity index (χ1n) is 15.1. The smallest absolute Gasteiger partial charge is 0.418 e. The van der Waals surface area contributed by atoms with Crippen molar-refractivity contribution in [1.29, 1.82) is 0 Å². The van der Waals surface area contributed by atoms with Crippen molar-refractivity contribution in [2.24, 2.45) is 0 Å². The number of allylic oxidation sites excluding steroid dienone is 2. The maximum absolute atomic E-state index is 9.75. The van der Waals surface area contributed by atoms with Crippen molar-refractivity contribution in [1.82, 2.24) is 0 Å². The average molecular weight is 690 g/mol. The Labute approximate surface area is 283 Å². The molecule has 0 amide bonds. The average Bonchev–Trinajstić information content (AvgIpc) is 3.10. The van der Waals surface area contributed by atoms with Crippen molar-refractivity contribution in [3.8, 4) is 44.9 Å². The maximum Gasteiger partial charge on any atom is 0.673 e. The van der Waals surface area contributed by atoms with Crippen LogP contribution in [0.1, 0.15) is 11.5 Å². The first kappa shape index (κ1) is 37.1. The Kier molecular flexibility index (Phi) is 13.0. The molecule has 0 radical (unpaired) electrons. The molecule has 2 nitrogen and oxygen atoms in total. The van der Waals surface area contributed by atoms with E-state index in [0.29, 0.717) is 0 Å². The SMILES string of the molecule is C(/C=C/c1cc(-c2ccccc2)cc(-c2ccccc2)[o+]1)=C\c1cc(-c2ccccc2)cc(-c2ccccc2)[o+]1.F[B-](F)(F)F.F[B-](F)(F)F. The van der Waals surface area contributed by atoms with Gasteiger partial charge in [-0.05, 0) is 35.4 Å². The van der Waals surface area contributed by atoms with Crippen LogP contribution >= 0.6 is 0 Å². The lowest BCUT2D eigenvalue weighted by molar-refractivity contribution is 0.366. The van der Waals surface area contributed by atoms with Gasteiger partial charge in [-0.25, -0.2) is 8.83 Å². The molecule has 0 aliphatic rings. The molecule has 0 unspecified atom stereocenters. The predicted molar refractivity (Wildman–Crippen MR) is 186 cm³/mol. The molecule has 12 heteroatoms. The minimum atomic E-state index is -6.00. The highest BCUT2D eigenvalue weighted by Crippen LogP contribution is 2.30. The Hall–Kier alpha value is -5.77. The van der Waals surface area contributed by atoms with Crippen molar-refractivity contribution >= 4 is 26.7 Å². The zero-order valence-corrected chi connectivity index (χ0v) is 26.2. The monoisotopic (exact) mass is 690 g/mol. The van der Waals surface area contributed by atoms with Gasteiger partial charge in [-0.3, -0.25) is 0 Å². The van der Waals surface area contributed by atoms with Crippen LogP contribution in [0.3, 0.4) is 0 Å². The summed E-state index contributed by atoms with van der Waals surface area (Å²) in [5, 5.41) is 0. The summed E-state index contributed by atoms with van der Waals surface area (Å²) in [7, 11) is -12.0. The molecule has 0 saturated heterocycles. The lowest BCUT2D eigenvalue weighted by atomic mass is 10.0. The van der Waals surface area contributed by atoms with Gasteiger partial charge in [-0.1, -0.05) is 109 Å². The molecular formula is C38H28B2F8O2. The van der Waals surface area contributed by atoms with Crippen LogP contribution < -0.4 is 0 Å². The third-order valence-corrected chi connectivity index (χ3v) is 6.59. The molecule has 2 heterocycles. The summed E-state index contributed by atoms with van der Waals surface area (Å²) in [4.78, 5) is 0. The Balaban J connectivity index is 0.000000496. The Morgan fingerprint density at radius 1 is 0.340 bits per heavy atom. The van der Waals surface area contributed by atoms with E-state index in [1.807, 2.05) is 72.8 Å². The molecule has 6 aromatic rings. The molecule has 0 N–H and O–H groups in total. The van der Waals surface area contributed by atoms with E-state index < -0.39 is 14.5 Å². The van der Waals surface area contributed by atoms with E-state index in [-0.39, 0.29) is 0 Å². The summed E-state index contributed by atoms with van der Waals surface area (Å²) in [6.07, 6.45) is 7.92. The minimum Gasteiger partial charge on any atom is -0.418 e. The second-order valence-corrected chi connectivity index (χ2v) is 10.4. The Morgan fingerprint density at radius 3 is 0.880 bits per heavy atom. The van der Waals surface area contributed by atoms with Crippen LogP contribution in [-0.2, 0) is 0 Å². The van der Waals surface area contributed by atoms with Crippen LogP contribution in [0.15, 0.2) is 167 Å². The van der Waals surface area contributed by atoms with E-state index in [4.69, 9.17) is 8.83 Å². The molecule has 6 rings (SSSR count). The zero-order chi connectivity index (χ0) is 36.0. The molecule has 0 saturated carbocycles. The highest BCUT2D eigenvalue weighted by Gasteiger charge is 2.21. The van der Waals surface area contributed by atoms with Gasteiger partial charge in [0, 0.05) is 23.3 Å². The van der Waals surface area contributed by atoms with E-state index in [9.17, 15) is 34.5 Å². The number of rotatable bonds is 7. The van der Waals surface area contributed by atoms with Crippen LogP contribution in [0.4, 0.5) is 34.5 Å². The van der Waals surface area contributed by atoms with Gasteiger partial charge in [0.05, 0.1) is 35.4 Å². The Bertz CT molecular complexity index is 1710. The topological polar surface area (TPSA) is 22.6 Å². The van der Waals surface area contributed by atoms with E-state index in [1.165, 1.54) is 0 Å². The first-order chi connectivity index (χ1) is 23.8. The second-order valence-electron chi connectivity index (χ2n) is 10.4. The molecule has 0 spiro atoms. The summed E-state index contributed by atoms with van der Waals surface area (Å²) in [6, 6.07) is 49.4. The molecule has 0 aliphatic heterocycles. The van der Waals surface area contributed by atoms with Crippen LogP contribution in [0, 0.1) is 0 Å². The van der Waals surface area contributed by atoms with Crippen LogP contribution in [0.5, 0.6) is 0 Å². The predicted octanol–water partition coefficient (Wildman–Crippen LogP) is 13.4. The van der Waals surface area contributed by atoms with Gasteiger partial charge >= 0.3 is 37.5 Å². The van der Waals surface area contributed by atoms with Gasteiger partial charge in [0.1, 0.15) is 0 Å². The van der Waals surface area contributed by atoms with Crippen molar-refractivity contribution < 1.29 is 43.4 Å². The van der Waals surface area contributed by atoms with E-state index in [0.717, 1.165) is 56.4 Å². The van der Waals surface area contributed by atoms with Crippen molar-refractivity contribution in [3.63, 3.8) is 0 Å². The lowest BCUT2D eigenvalue weighted by Gasteiger charge is -2.00. The fraction of sp³-hybridized carbons (Fsp3) is 0. The van der Waals surface area contributed by atoms with Crippen LogP contribution in [0.25, 0.3) is 57.1 Å². The van der Waals surface area contributed by atoms with Gasteiger partial charge in [0.25, 0.3) is 0 Å². The molecule has 0 bridgehead atoms. The maximum atomic E-state index is 9.75. The van der Waals surface area contributed by atoms with Crippen molar-refractivity contribution in [2.75, 3.05) is 0 Å². The molecule has 0 atom stereocenters. The van der Waals surface area contributed by atoms with E-state index in [1.54, 1.807) is 0 Å². The third-order valence-electron chi connectivity index (χ3n) is 6.59. The standard InChI is InChI=1S/C38H28O2.2BF4/c1-5-15-29(16-6-1)33-25-35(39-37(27-33)31-19-9-3-10-20-31)23-13-14-24-36-26-34(30-17-7-2-8-18-30)28-38(40-36)32-21-11-4-12-22-32;2*2-1(3,4)5/h1-28H;;/q+2;2*-1/b23-13+,24-14+;;. The first-order valence-corrected chi connectivity index (χ1v) is 15.1. The number of hydrogen-bond donors (Lipinski definition) is 0. The highest BCUT2D eigenvalue weighted by atomic mass is 19.5. The number of hydrogen-bond acceptors (Lipinski definition) is 0. The largest absolute Gasteiger partial charge is 0.673 e. The number of benzene rings is 4. The van der Waals surface area contributed by atoms with Crippen molar-refractivity contribution in [2.45, 2.75) is 0 Å². The van der Waals surface area contributed by atoms with Gasteiger partial charge in [0.2, 0.25) is 0 Å². The lowest BCUT2D eigenvalue weighted by Crippen LogP contribution is -2.02. The van der Waals surface area contributed by atoms with E-state index in [2.05, 4.69) is 97.1 Å². The summed E-state index contributed by atoms with van der Waals surface area (Å²) >= 11 is 0. The normalized spacial score (nSPS) is 11.4. The quantitative estimate of drug-likeness (QED) is 0.0720. The zero-order valence-electron chi connectivity index (χ0n) is 26.2. The fourth-order valence-electron chi connectivity index (χ4n) is 4.59. The van der Waals surface area contributed by atoms with Crippen LogP contribution in [0.2, 0.25) is 0 Å². The van der Waals surface area contributed by atoms with Gasteiger partial charge in [-0.2, -0.15) is 0 Å². The second kappa shape index (κ2) is 17.6. The fourth-order valence-corrected chi connectivity index (χ4v) is 4.59. The molecule has 50 heavy (non-hydrogen) atoms. The molecule has 2 aromatic heterocycles. The van der Waals surface area contributed by atoms with Crippen molar-refractivity contribution in [3.05, 3.63) is 169 Å². The summed E-state index contributed by atoms with van der Waals surface area (Å²) in [5.74, 6) is 3.18. The van der Waals surface area contributed by atoms with Gasteiger partial charge < -0.3 is 34.5 Å². The highest BCUT2D eigenvalue weighted by molar-refractivity contribution is 6.50. The van der Waals surface area contributed by atoms with E-state index >= 15 is 0 Å². The number of halogens is 8. The molecule has 254 valence electrons. The summed E-state index contributed by atoms with van der Waals surface area (Å²) < 4.78 is 90.6. The minimum absolute atomic E-state index is 0.768.